The number of rotatable bonds is 10. The van der Waals surface area contributed by atoms with Crippen molar-refractivity contribution < 1.29 is 21.6 Å². The summed E-state index contributed by atoms with van der Waals surface area (Å²) in [7, 11) is -4.16. The Morgan fingerprint density at radius 1 is 0.655 bits per heavy atom. The maximum Gasteiger partial charge on any atom is 0.242 e. The molecule has 0 N–H and O–H groups in total. The molecule has 0 aromatic heterocycles. The van der Waals surface area contributed by atoms with E-state index in [2.05, 4.69) is 0 Å². The molecule has 0 aliphatic heterocycles. The fraction of sp³-hybridized carbons (Fsp3) is 0.400. The van der Waals surface area contributed by atoms with E-state index in [-0.39, 0.29) is 36.1 Å². The van der Waals surface area contributed by atoms with Crippen molar-refractivity contribution in [2.24, 2.45) is 0 Å². The van der Waals surface area contributed by atoms with E-state index < -0.39 is 20.0 Å². The Morgan fingerprint density at radius 3 is 1.28 bits per heavy atom. The Kier molecular flexibility index (Phi) is 7.95. The van der Waals surface area contributed by atoms with Gasteiger partial charge in [-0.2, -0.15) is 8.61 Å². The summed E-state index contributed by atoms with van der Waals surface area (Å²) in [4.78, 5) is 0.462. The third kappa shape index (κ3) is 6.10. The van der Waals surface area contributed by atoms with Gasteiger partial charge in [-0.05, 0) is 38.1 Å². The second-order valence-electron chi connectivity index (χ2n) is 6.89. The van der Waals surface area contributed by atoms with Crippen LogP contribution in [0.25, 0.3) is 0 Å². The third-order valence-electron chi connectivity index (χ3n) is 4.56. The topological polar surface area (TPSA) is 84.0 Å². The Hall–Kier alpha value is -1.78. The standard InChI is InChI=1S/C20H28N2O5S2/c1-17-5-9-19(10-6-17)28(23,24)21(3)13-15-27-16-14-22(4)29(25,26)20-11-7-18(2)8-12-20/h5-12H,13-16H2,1-4H3. The molecule has 29 heavy (non-hydrogen) atoms. The van der Waals surface area contributed by atoms with Crippen LogP contribution in [0.1, 0.15) is 11.1 Å². The Morgan fingerprint density at radius 2 is 0.966 bits per heavy atom. The molecule has 0 unspecified atom stereocenters. The first-order valence-corrected chi connectivity index (χ1v) is 12.1. The Bertz CT molecular complexity index is 918. The molecule has 0 saturated heterocycles. The first kappa shape index (κ1) is 23.5. The van der Waals surface area contributed by atoms with E-state index in [0.29, 0.717) is 0 Å². The highest BCUT2D eigenvalue weighted by Crippen LogP contribution is 2.16. The van der Waals surface area contributed by atoms with Crippen LogP contribution in [0, 0.1) is 13.8 Å². The zero-order chi connectivity index (χ0) is 21.7. The largest absolute Gasteiger partial charge is 0.379 e. The van der Waals surface area contributed by atoms with Gasteiger partial charge in [0.05, 0.1) is 23.0 Å². The van der Waals surface area contributed by atoms with Crippen LogP contribution in [0.2, 0.25) is 0 Å². The normalized spacial score (nSPS) is 12.6. The zero-order valence-corrected chi connectivity index (χ0v) is 18.8. The Balaban J connectivity index is 1.81. The Labute approximate surface area is 174 Å². The molecule has 0 saturated carbocycles. The molecule has 0 radical (unpaired) electrons. The molecule has 0 aliphatic rings. The van der Waals surface area contributed by atoms with Gasteiger partial charge >= 0.3 is 0 Å². The van der Waals surface area contributed by atoms with Crippen LogP contribution < -0.4 is 0 Å². The highest BCUT2D eigenvalue weighted by molar-refractivity contribution is 7.89. The molecule has 0 heterocycles. The van der Waals surface area contributed by atoms with Gasteiger partial charge in [0.15, 0.2) is 0 Å². The maximum absolute atomic E-state index is 12.5. The number of ether oxygens (including phenoxy) is 1. The predicted molar refractivity (Wildman–Crippen MR) is 113 cm³/mol. The van der Waals surface area contributed by atoms with Crippen molar-refractivity contribution in [2.45, 2.75) is 23.6 Å². The summed E-state index contributed by atoms with van der Waals surface area (Å²) in [5, 5.41) is 0. The van der Waals surface area contributed by atoms with Crippen molar-refractivity contribution in [3.63, 3.8) is 0 Å². The quantitative estimate of drug-likeness (QED) is 0.529. The van der Waals surface area contributed by atoms with Crippen molar-refractivity contribution in [3.8, 4) is 0 Å². The number of sulfonamides is 2. The van der Waals surface area contributed by atoms with Crippen molar-refractivity contribution in [2.75, 3.05) is 40.4 Å². The lowest BCUT2D eigenvalue weighted by Gasteiger charge is -2.19. The van der Waals surface area contributed by atoms with Gasteiger partial charge in [-0.3, -0.25) is 0 Å². The molecular weight excluding hydrogens is 412 g/mol. The number of aryl methyl sites for hydroxylation is 2. The molecule has 0 spiro atoms. The number of hydrogen-bond donors (Lipinski definition) is 0. The zero-order valence-electron chi connectivity index (χ0n) is 17.2. The lowest BCUT2D eigenvalue weighted by atomic mass is 10.2. The molecule has 2 aromatic carbocycles. The van der Waals surface area contributed by atoms with Crippen LogP contribution in [0.4, 0.5) is 0 Å². The van der Waals surface area contributed by atoms with Crippen molar-refractivity contribution in [1.82, 2.24) is 8.61 Å². The molecule has 7 nitrogen and oxygen atoms in total. The van der Waals surface area contributed by atoms with E-state index >= 15 is 0 Å². The molecule has 2 rings (SSSR count). The number of likely N-dealkylation sites (N-methyl/N-ethyl adjacent to an activating group) is 2. The van der Waals surface area contributed by atoms with E-state index in [1.54, 1.807) is 48.5 Å². The van der Waals surface area contributed by atoms with E-state index in [0.717, 1.165) is 11.1 Å². The van der Waals surface area contributed by atoms with Gasteiger partial charge in [0, 0.05) is 27.2 Å². The molecule has 0 fully saturated rings. The lowest BCUT2D eigenvalue weighted by molar-refractivity contribution is 0.119. The SMILES string of the molecule is Cc1ccc(S(=O)(=O)N(C)CCOCCN(C)S(=O)(=O)c2ccc(C)cc2)cc1. The van der Waals surface area contributed by atoms with Gasteiger partial charge in [0.2, 0.25) is 20.0 Å². The number of hydrogen-bond acceptors (Lipinski definition) is 5. The van der Waals surface area contributed by atoms with E-state index in [4.69, 9.17) is 4.74 Å². The maximum atomic E-state index is 12.5. The second kappa shape index (κ2) is 9.82. The van der Waals surface area contributed by atoms with Crippen LogP contribution in [-0.2, 0) is 24.8 Å². The van der Waals surface area contributed by atoms with Gasteiger partial charge in [-0.25, -0.2) is 16.8 Å². The molecule has 0 bridgehead atoms. The van der Waals surface area contributed by atoms with E-state index in [1.165, 1.54) is 22.7 Å². The minimum Gasteiger partial charge on any atom is -0.379 e. The monoisotopic (exact) mass is 440 g/mol. The van der Waals surface area contributed by atoms with Gasteiger partial charge in [-0.15, -0.1) is 0 Å². The second-order valence-corrected chi connectivity index (χ2v) is 11.0. The summed E-state index contributed by atoms with van der Waals surface area (Å²) in [5.41, 5.74) is 1.97. The summed E-state index contributed by atoms with van der Waals surface area (Å²) in [6.07, 6.45) is 0. The van der Waals surface area contributed by atoms with Crippen molar-refractivity contribution >= 4 is 20.0 Å². The van der Waals surface area contributed by atoms with Crippen LogP contribution in [0.15, 0.2) is 58.3 Å². The third-order valence-corrected chi connectivity index (χ3v) is 8.30. The van der Waals surface area contributed by atoms with Gasteiger partial charge < -0.3 is 4.74 Å². The predicted octanol–water partition coefficient (Wildman–Crippen LogP) is 2.26. The summed E-state index contributed by atoms with van der Waals surface area (Å²) in [6.45, 7) is 4.46. The van der Waals surface area contributed by atoms with Crippen molar-refractivity contribution in [1.29, 1.82) is 0 Å². The summed E-state index contributed by atoms with van der Waals surface area (Å²) < 4.78 is 58.0. The molecule has 0 amide bonds. The fourth-order valence-corrected chi connectivity index (χ4v) is 4.82. The lowest BCUT2D eigenvalue weighted by Crippen LogP contribution is -2.32. The molecule has 0 aliphatic carbocycles. The molecule has 9 heteroatoms. The van der Waals surface area contributed by atoms with Gasteiger partial charge in [0.1, 0.15) is 0 Å². The van der Waals surface area contributed by atoms with Gasteiger partial charge in [-0.1, -0.05) is 35.4 Å². The van der Waals surface area contributed by atoms with Crippen LogP contribution in [-0.4, -0.2) is 65.8 Å². The number of benzene rings is 2. The fourth-order valence-electron chi connectivity index (χ4n) is 2.51. The molecular formula is C20H28N2O5S2. The van der Waals surface area contributed by atoms with Gasteiger partial charge in [0.25, 0.3) is 0 Å². The average molecular weight is 441 g/mol. The first-order chi connectivity index (χ1) is 13.5. The van der Waals surface area contributed by atoms with Crippen molar-refractivity contribution in [3.05, 3.63) is 59.7 Å². The minimum absolute atomic E-state index is 0.167. The first-order valence-electron chi connectivity index (χ1n) is 9.19. The van der Waals surface area contributed by atoms with Crippen LogP contribution >= 0.6 is 0 Å². The minimum atomic E-state index is -3.58. The van der Waals surface area contributed by atoms with Crippen LogP contribution in [0.3, 0.4) is 0 Å². The molecule has 0 atom stereocenters. The highest BCUT2D eigenvalue weighted by atomic mass is 32.2. The molecule has 160 valence electrons. The average Bonchev–Trinajstić information content (AvgIpc) is 2.68. The summed E-state index contributed by atoms with van der Waals surface area (Å²) >= 11 is 0. The van der Waals surface area contributed by atoms with E-state index in [9.17, 15) is 16.8 Å². The van der Waals surface area contributed by atoms with E-state index in [1.807, 2.05) is 13.8 Å². The highest BCUT2D eigenvalue weighted by Gasteiger charge is 2.21. The van der Waals surface area contributed by atoms with Crippen LogP contribution in [0.5, 0.6) is 0 Å². The molecule has 2 aromatic rings. The number of nitrogens with zero attached hydrogens (tertiary/aromatic N) is 2. The smallest absolute Gasteiger partial charge is 0.242 e. The summed E-state index contributed by atoms with van der Waals surface area (Å²) in [5.74, 6) is 0. The summed E-state index contributed by atoms with van der Waals surface area (Å²) in [6, 6.07) is 13.3.